The highest BCUT2D eigenvalue weighted by molar-refractivity contribution is 5.93. The van der Waals surface area contributed by atoms with Crippen molar-refractivity contribution in [1.82, 2.24) is 15.2 Å². The average molecular weight is 292 g/mol. The van der Waals surface area contributed by atoms with Gasteiger partial charge in [-0.15, -0.1) is 0 Å². The number of aromatic nitrogens is 1. The Morgan fingerprint density at radius 2 is 2.05 bits per heavy atom. The van der Waals surface area contributed by atoms with E-state index in [1.807, 2.05) is 4.90 Å². The van der Waals surface area contributed by atoms with Gasteiger partial charge in [0, 0.05) is 18.7 Å². The summed E-state index contributed by atoms with van der Waals surface area (Å²) < 4.78 is 0. The molecule has 1 aliphatic carbocycles. The number of nitrogens with zero attached hydrogens (tertiary/aromatic N) is 2. The number of H-pyrrole nitrogens is 1. The number of hydrogen-bond donors (Lipinski definition) is 2. The van der Waals surface area contributed by atoms with E-state index in [4.69, 9.17) is 0 Å². The van der Waals surface area contributed by atoms with E-state index in [1.54, 1.807) is 0 Å². The second-order valence-corrected chi connectivity index (χ2v) is 5.91. The summed E-state index contributed by atoms with van der Waals surface area (Å²) in [6, 6.07) is 1.65. The maximum atomic E-state index is 12.6. The van der Waals surface area contributed by atoms with Crippen molar-refractivity contribution in [3.63, 3.8) is 0 Å². The van der Waals surface area contributed by atoms with E-state index in [2.05, 4.69) is 10.3 Å². The number of amides is 1. The topological polar surface area (TPSA) is 91.3 Å². The fourth-order valence-corrected chi connectivity index (χ4v) is 2.89. The number of nitrogens with one attached hydrogen (secondary N) is 2. The fourth-order valence-electron chi connectivity index (χ4n) is 2.89. The van der Waals surface area contributed by atoms with Gasteiger partial charge in [-0.05, 0) is 44.7 Å². The molecule has 2 heterocycles. The molecule has 1 aromatic rings. The van der Waals surface area contributed by atoms with Crippen LogP contribution in [0.3, 0.4) is 0 Å². The predicted octanol–water partition coefficient (Wildman–Crippen LogP) is 1.53. The van der Waals surface area contributed by atoms with E-state index in [-0.39, 0.29) is 11.6 Å². The third-order valence-corrected chi connectivity index (χ3v) is 4.27. The van der Waals surface area contributed by atoms with Crippen molar-refractivity contribution in [3.05, 3.63) is 28.1 Å². The maximum absolute atomic E-state index is 12.6. The van der Waals surface area contributed by atoms with Crippen LogP contribution in [0.5, 0.6) is 0 Å². The molecule has 1 saturated heterocycles. The molecule has 2 N–H and O–H groups in total. The van der Waals surface area contributed by atoms with Crippen LogP contribution in [-0.2, 0) is 0 Å². The number of aromatic amines is 1. The summed E-state index contributed by atoms with van der Waals surface area (Å²) in [6.07, 6.45) is 5.53. The van der Waals surface area contributed by atoms with Crippen LogP contribution in [-0.4, -0.2) is 46.4 Å². The van der Waals surface area contributed by atoms with Crippen LogP contribution in [0.2, 0.25) is 0 Å². The van der Waals surface area contributed by atoms with Gasteiger partial charge in [-0.2, -0.15) is 0 Å². The Bertz CT molecular complexity index is 532. The van der Waals surface area contributed by atoms with E-state index in [9.17, 15) is 14.9 Å². The van der Waals surface area contributed by atoms with Crippen LogP contribution in [0.25, 0.3) is 0 Å². The first-order chi connectivity index (χ1) is 10.1. The zero-order chi connectivity index (χ0) is 14.8. The number of carbonyl (C=O) groups excluding carboxylic acids is 1. The third kappa shape index (κ3) is 3.24. The summed E-state index contributed by atoms with van der Waals surface area (Å²) in [7, 11) is 0. The summed E-state index contributed by atoms with van der Waals surface area (Å²) in [5.74, 6) is 0.421. The lowest BCUT2D eigenvalue weighted by Crippen LogP contribution is -2.40. The van der Waals surface area contributed by atoms with Gasteiger partial charge in [0.25, 0.3) is 11.6 Å². The Morgan fingerprint density at radius 3 is 2.62 bits per heavy atom. The first-order valence-corrected chi connectivity index (χ1v) is 7.49. The van der Waals surface area contributed by atoms with Crippen molar-refractivity contribution in [3.8, 4) is 0 Å². The minimum absolute atomic E-state index is 0.0593. The van der Waals surface area contributed by atoms with Crippen molar-refractivity contribution >= 4 is 11.6 Å². The maximum Gasteiger partial charge on any atom is 0.287 e. The van der Waals surface area contributed by atoms with E-state index < -0.39 is 4.92 Å². The van der Waals surface area contributed by atoms with Gasteiger partial charge >= 0.3 is 0 Å². The second-order valence-electron chi connectivity index (χ2n) is 5.91. The molecule has 2 fully saturated rings. The van der Waals surface area contributed by atoms with Crippen LogP contribution in [0.1, 0.15) is 36.2 Å². The predicted molar refractivity (Wildman–Crippen MR) is 77.1 cm³/mol. The van der Waals surface area contributed by atoms with Crippen molar-refractivity contribution in [2.45, 2.75) is 31.7 Å². The van der Waals surface area contributed by atoms with Gasteiger partial charge in [-0.25, -0.2) is 0 Å². The number of piperidine rings is 1. The van der Waals surface area contributed by atoms with Crippen LogP contribution in [0.15, 0.2) is 12.3 Å². The quantitative estimate of drug-likeness (QED) is 0.636. The molecule has 0 radical (unpaired) electrons. The Kier molecular flexibility index (Phi) is 3.92. The molecule has 0 bridgehead atoms. The van der Waals surface area contributed by atoms with E-state index in [0.717, 1.165) is 45.3 Å². The minimum Gasteiger partial charge on any atom is -0.351 e. The summed E-state index contributed by atoms with van der Waals surface area (Å²) in [4.78, 5) is 27.5. The number of nitro groups is 1. The van der Waals surface area contributed by atoms with Crippen LogP contribution < -0.4 is 5.32 Å². The normalized spacial score (nSPS) is 19.4. The zero-order valence-electron chi connectivity index (χ0n) is 11.9. The Labute approximate surface area is 122 Å². The lowest BCUT2D eigenvalue weighted by atomic mass is 9.97. The molecule has 7 heteroatoms. The number of carbonyl (C=O) groups is 1. The van der Waals surface area contributed by atoms with Crippen LogP contribution in [0, 0.1) is 16.0 Å². The van der Waals surface area contributed by atoms with Gasteiger partial charge in [0.15, 0.2) is 0 Å². The molecule has 21 heavy (non-hydrogen) atoms. The molecule has 0 atom stereocenters. The molecule has 1 amide bonds. The average Bonchev–Trinajstić information content (AvgIpc) is 3.20. The third-order valence-electron chi connectivity index (χ3n) is 4.27. The lowest BCUT2D eigenvalue weighted by molar-refractivity contribution is -0.384. The van der Waals surface area contributed by atoms with Gasteiger partial charge in [-0.1, -0.05) is 0 Å². The number of rotatable bonds is 5. The molecular formula is C14H20N4O3. The molecule has 0 unspecified atom stereocenters. The lowest BCUT2D eigenvalue weighted by Gasteiger charge is -2.30. The van der Waals surface area contributed by atoms with Crippen LogP contribution >= 0.6 is 0 Å². The smallest absolute Gasteiger partial charge is 0.287 e. The molecule has 3 rings (SSSR count). The molecule has 1 saturated carbocycles. The minimum atomic E-state index is -0.485. The molecule has 0 spiro atoms. The van der Waals surface area contributed by atoms with Gasteiger partial charge < -0.3 is 15.2 Å². The Hall–Kier alpha value is -1.89. The summed E-state index contributed by atoms with van der Waals surface area (Å²) >= 11 is 0. The Balaban J connectivity index is 1.70. The van der Waals surface area contributed by atoms with E-state index >= 15 is 0 Å². The summed E-state index contributed by atoms with van der Waals surface area (Å²) in [5.41, 5.74) is 0.262. The highest BCUT2D eigenvalue weighted by atomic mass is 16.6. The highest BCUT2D eigenvalue weighted by Gasteiger charge is 2.35. The standard InChI is InChI=1S/C14H20N4O3/c19-14(13-7-12(8-16-13)18(20)21)17(11-1-2-11)9-10-3-5-15-6-4-10/h7-8,10-11,15-16H,1-6,9H2. The van der Waals surface area contributed by atoms with Gasteiger partial charge in [0.2, 0.25) is 0 Å². The van der Waals surface area contributed by atoms with Crippen molar-refractivity contribution < 1.29 is 9.72 Å². The fraction of sp³-hybridized carbons (Fsp3) is 0.643. The van der Waals surface area contributed by atoms with Crippen molar-refractivity contribution in [2.24, 2.45) is 5.92 Å². The number of hydrogen-bond acceptors (Lipinski definition) is 4. The SMILES string of the molecule is O=C(c1cc([N+](=O)[O-])c[nH]1)N(CC1CCNCC1)C1CC1. The summed E-state index contributed by atoms with van der Waals surface area (Å²) in [5, 5.41) is 14.0. The highest BCUT2D eigenvalue weighted by Crippen LogP contribution is 2.30. The first-order valence-electron chi connectivity index (χ1n) is 7.49. The van der Waals surface area contributed by atoms with E-state index in [1.165, 1.54) is 12.3 Å². The molecule has 0 aromatic carbocycles. The van der Waals surface area contributed by atoms with Gasteiger partial charge in [-0.3, -0.25) is 14.9 Å². The molecule has 114 valence electrons. The van der Waals surface area contributed by atoms with Crippen molar-refractivity contribution in [2.75, 3.05) is 19.6 Å². The first kappa shape index (κ1) is 14.1. The zero-order valence-corrected chi connectivity index (χ0v) is 11.9. The molecular weight excluding hydrogens is 272 g/mol. The van der Waals surface area contributed by atoms with Gasteiger partial charge in [0.05, 0.1) is 11.1 Å². The summed E-state index contributed by atoms with van der Waals surface area (Å²) in [6.45, 7) is 2.77. The molecule has 1 aromatic heterocycles. The van der Waals surface area contributed by atoms with Crippen LogP contribution in [0.4, 0.5) is 5.69 Å². The van der Waals surface area contributed by atoms with Crippen molar-refractivity contribution in [1.29, 1.82) is 0 Å². The molecule has 1 aliphatic heterocycles. The molecule has 7 nitrogen and oxygen atoms in total. The van der Waals surface area contributed by atoms with Gasteiger partial charge in [0.1, 0.15) is 5.69 Å². The largest absolute Gasteiger partial charge is 0.351 e. The van der Waals surface area contributed by atoms with E-state index in [0.29, 0.717) is 17.7 Å². The molecule has 2 aliphatic rings. The second kappa shape index (κ2) is 5.85. The Morgan fingerprint density at radius 1 is 1.33 bits per heavy atom. The monoisotopic (exact) mass is 292 g/mol.